The second kappa shape index (κ2) is 6.57. The summed E-state index contributed by atoms with van der Waals surface area (Å²) in [5.74, 6) is -0.143. The van der Waals surface area contributed by atoms with E-state index in [1.165, 1.54) is 11.1 Å². The van der Waals surface area contributed by atoms with Crippen molar-refractivity contribution in [3.63, 3.8) is 0 Å². The van der Waals surface area contributed by atoms with Gasteiger partial charge in [-0.25, -0.2) is 9.97 Å². The molecule has 0 saturated carbocycles. The molecule has 0 aromatic carbocycles. The topological polar surface area (TPSA) is 135 Å². The minimum Gasteiger partial charge on any atom is -0.369 e. The molecule has 123 valence electrons. The third kappa shape index (κ3) is 3.14. The first kappa shape index (κ1) is 15.8. The number of carbonyl (C=O) groups excluding carboxylic acids is 2. The lowest BCUT2D eigenvalue weighted by Crippen LogP contribution is -2.25. The van der Waals surface area contributed by atoms with E-state index in [2.05, 4.69) is 19.9 Å². The Balaban J connectivity index is 1.85. The van der Waals surface area contributed by atoms with Crippen LogP contribution in [0.3, 0.4) is 0 Å². The van der Waals surface area contributed by atoms with E-state index < -0.39 is 5.56 Å². The summed E-state index contributed by atoms with van der Waals surface area (Å²) < 4.78 is 0. The van der Waals surface area contributed by atoms with Gasteiger partial charge in [0, 0.05) is 11.6 Å². The van der Waals surface area contributed by atoms with Gasteiger partial charge in [0.2, 0.25) is 18.6 Å². The molecule has 1 radical (unpaired) electrons. The van der Waals surface area contributed by atoms with Gasteiger partial charge in [-0.2, -0.15) is 4.98 Å². The molecule has 1 atom stereocenters. The van der Waals surface area contributed by atoms with Crippen molar-refractivity contribution in [2.45, 2.75) is 25.8 Å². The number of hydrogen-bond acceptors (Lipinski definition) is 7. The lowest BCUT2D eigenvalue weighted by Gasteiger charge is -2.25. The van der Waals surface area contributed by atoms with Crippen molar-refractivity contribution in [1.29, 1.82) is 0 Å². The van der Waals surface area contributed by atoms with Crippen LogP contribution in [-0.4, -0.2) is 37.5 Å². The average molecular weight is 327 g/mol. The predicted octanol–water partition coefficient (Wildman–Crippen LogP) is 0.0474. The molecule has 3 rings (SSSR count). The highest BCUT2D eigenvalue weighted by atomic mass is 16.1. The molecule has 9 heteroatoms. The Labute approximate surface area is 136 Å². The largest absolute Gasteiger partial charge is 0.369 e. The van der Waals surface area contributed by atoms with E-state index in [0.717, 1.165) is 5.70 Å². The zero-order chi connectivity index (χ0) is 17.1. The number of nitrogen functional groups attached to an aromatic ring is 1. The highest BCUT2D eigenvalue weighted by Gasteiger charge is 2.19. The average Bonchev–Trinajstić information content (AvgIpc) is 2.60. The summed E-state index contributed by atoms with van der Waals surface area (Å²) in [7, 11) is 0. The quantitative estimate of drug-likeness (QED) is 0.740. The number of nitrogens with two attached hydrogens (primary N) is 1. The minimum atomic E-state index is -0.481. The number of anilines is 1. The van der Waals surface area contributed by atoms with Crippen molar-refractivity contribution in [1.82, 2.24) is 24.8 Å². The molecule has 24 heavy (non-hydrogen) atoms. The lowest BCUT2D eigenvalue weighted by molar-refractivity contribution is -0.117. The number of aromatic amines is 1. The van der Waals surface area contributed by atoms with Gasteiger partial charge in [0.05, 0.1) is 18.4 Å². The maximum absolute atomic E-state index is 11.9. The molecule has 1 unspecified atom stereocenters. The first-order valence-electron chi connectivity index (χ1n) is 7.40. The minimum absolute atomic E-state index is 0.0297. The summed E-state index contributed by atoms with van der Waals surface area (Å²) in [5, 5.41) is 0. The number of hydrogen-bond donors (Lipinski definition) is 2. The van der Waals surface area contributed by atoms with Crippen LogP contribution in [-0.2, 0) is 16.1 Å². The number of amides is 1. The Kier molecular flexibility index (Phi) is 4.32. The summed E-state index contributed by atoms with van der Waals surface area (Å²) in [6.45, 7) is 0.178. The molecule has 3 N–H and O–H groups in total. The number of carbonyl (C=O) groups is 1. The molecule has 2 aromatic rings. The number of aromatic nitrogens is 4. The zero-order valence-corrected chi connectivity index (χ0v) is 12.7. The molecule has 0 saturated heterocycles. The number of rotatable bonds is 5. The standard InChI is InChI=1S/C15H15N6O3/c16-15-19-13-12(14(24)20-15)18-10(5-17-13)6-21(8-23)11-3-1-9(7-22)2-4-11/h3,5,8-9H,1-2,4,6H2,(H3,16,17,19,20,24). The fourth-order valence-corrected chi connectivity index (χ4v) is 2.62. The van der Waals surface area contributed by atoms with E-state index in [4.69, 9.17) is 5.73 Å². The molecule has 2 heterocycles. The number of nitrogens with zero attached hydrogens (tertiary/aromatic N) is 4. The van der Waals surface area contributed by atoms with Crippen molar-refractivity contribution in [3.05, 3.63) is 34.0 Å². The third-order valence-electron chi connectivity index (χ3n) is 3.87. The van der Waals surface area contributed by atoms with Crippen molar-refractivity contribution in [2.75, 3.05) is 5.73 Å². The van der Waals surface area contributed by atoms with Crippen LogP contribution in [0.25, 0.3) is 11.2 Å². The molecule has 0 bridgehead atoms. The van der Waals surface area contributed by atoms with Crippen molar-refractivity contribution >= 4 is 29.8 Å². The Morgan fingerprint density at radius 3 is 2.96 bits per heavy atom. The first-order chi connectivity index (χ1) is 11.6. The van der Waals surface area contributed by atoms with Crippen molar-refractivity contribution < 1.29 is 9.59 Å². The number of H-pyrrole nitrogens is 1. The van der Waals surface area contributed by atoms with Crippen LogP contribution in [0.2, 0.25) is 0 Å². The van der Waals surface area contributed by atoms with Crippen LogP contribution in [0.15, 0.2) is 22.8 Å². The molecule has 1 aliphatic carbocycles. The van der Waals surface area contributed by atoms with Gasteiger partial charge in [0.15, 0.2) is 11.2 Å². The molecule has 9 nitrogen and oxygen atoms in total. The first-order valence-corrected chi connectivity index (χ1v) is 7.40. The summed E-state index contributed by atoms with van der Waals surface area (Å²) in [6, 6.07) is 0. The van der Waals surface area contributed by atoms with E-state index in [1.54, 1.807) is 0 Å². The van der Waals surface area contributed by atoms with Gasteiger partial charge in [-0.15, -0.1) is 0 Å². The van der Waals surface area contributed by atoms with Crippen LogP contribution in [0.4, 0.5) is 5.95 Å². The molecule has 2 aromatic heterocycles. The highest BCUT2D eigenvalue weighted by Crippen LogP contribution is 2.24. The molecule has 1 aliphatic rings. The highest BCUT2D eigenvalue weighted by molar-refractivity contribution is 5.69. The van der Waals surface area contributed by atoms with Gasteiger partial charge < -0.3 is 10.6 Å². The normalized spacial score (nSPS) is 17.3. The van der Waals surface area contributed by atoms with E-state index in [1.807, 2.05) is 12.4 Å². The molecule has 1 amide bonds. The second-order valence-electron chi connectivity index (χ2n) is 5.50. The lowest BCUT2D eigenvalue weighted by atomic mass is 9.93. The molecule has 0 spiro atoms. The maximum Gasteiger partial charge on any atom is 0.280 e. The van der Waals surface area contributed by atoms with E-state index in [0.29, 0.717) is 31.4 Å². The Bertz CT molecular complexity index is 875. The fourth-order valence-electron chi connectivity index (χ4n) is 2.62. The second-order valence-corrected chi connectivity index (χ2v) is 5.50. The molecular weight excluding hydrogens is 312 g/mol. The van der Waals surface area contributed by atoms with Crippen molar-refractivity contribution in [3.8, 4) is 0 Å². The number of fused-ring (bicyclic) bond motifs is 1. The maximum atomic E-state index is 11.9. The summed E-state index contributed by atoms with van der Waals surface area (Å²) in [6.07, 6.45) is 7.83. The van der Waals surface area contributed by atoms with E-state index >= 15 is 0 Å². The SMILES string of the molecule is Nc1nc2ncc(CN(C=O)C3=CCC([C]=O)CC3)nc2c(=O)[nH]1. The number of nitrogens with one attached hydrogen (secondary N) is 1. The monoisotopic (exact) mass is 327 g/mol. The fraction of sp³-hybridized carbons (Fsp3) is 0.333. The zero-order valence-electron chi connectivity index (χ0n) is 12.7. The Hall–Kier alpha value is -3.10. The van der Waals surface area contributed by atoms with Crippen LogP contribution in [0.5, 0.6) is 0 Å². The Morgan fingerprint density at radius 2 is 2.29 bits per heavy atom. The van der Waals surface area contributed by atoms with Crippen LogP contribution < -0.4 is 11.3 Å². The molecule has 0 aliphatic heterocycles. The predicted molar refractivity (Wildman–Crippen MR) is 85.1 cm³/mol. The molecule has 0 fully saturated rings. The van der Waals surface area contributed by atoms with Crippen LogP contribution in [0, 0.1) is 5.92 Å². The van der Waals surface area contributed by atoms with Gasteiger partial charge >= 0.3 is 0 Å². The van der Waals surface area contributed by atoms with E-state index in [-0.39, 0.29) is 29.6 Å². The summed E-state index contributed by atoms with van der Waals surface area (Å²) in [4.78, 5) is 50.0. The molecular formula is C15H15N6O3. The van der Waals surface area contributed by atoms with E-state index in [9.17, 15) is 14.4 Å². The van der Waals surface area contributed by atoms with Crippen molar-refractivity contribution in [2.24, 2.45) is 5.92 Å². The number of allylic oxidation sites excluding steroid dienone is 2. The van der Waals surface area contributed by atoms with Gasteiger partial charge in [-0.05, 0) is 19.3 Å². The van der Waals surface area contributed by atoms with Gasteiger partial charge in [-0.3, -0.25) is 19.4 Å². The summed E-state index contributed by atoms with van der Waals surface area (Å²) in [5.41, 5.74) is 6.48. The Morgan fingerprint density at radius 1 is 1.46 bits per heavy atom. The van der Waals surface area contributed by atoms with Gasteiger partial charge in [0.1, 0.15) is 0 Å². The third-order valence-corrected chi connectivity index (χ3v) is 3.87. The summed E-state index contributed by atoms with van der Waals surface area (Å²) >= 11 is 0. The van der Waals surface area contributed by atoms with Crippen LogP contribution in [0.1, 0.15) is 25.0 Å². The smallest absolute Gasteiger partial charge is 0.280 e. The van der Waals surface area contributed by atoms with Crippen LogP contribution >= 0.6 is 0 Å². The van der Waals surface area contributed by atoms with Gasteiger partial charge in [0.25, 0.3) is 5.56 Å². The van der Waals surface area contributed by atoms with Gasteiger partial charge in [-0.1, -0.05) is 6.08 Å².